The number of aliphatic hydroxyl groups excluding tert-OH is 12. The summed E-state index contributed by atoms with van der Waals surface area (Å²) in [5.74, 6) is -2.21. The molecule has 8 fully saturated rings. The largest absolute Gasteiger partial charge is 0.389 e. The molecule has 11 rings (SSSR count). The van der Waals surface area contributed by atoms with E-state index in [9.17, 15) is 75.7 Å². The van der Waals surface area contributed by atoms with Crippen molar-refractivity contribution in [3.8, 4) is 22.5 Å². The third kappa shape index (κ3) is 20.8. The SMILES string of the molecule is NC[C@@H]1O[C@@H](O[C@H]2[C@H](O[C@H]3O[C@@H](Cn4cc(-c5cc(C(=O)NCCCC(=O)N[C@H](CCCN=C(N)N)C(N)=O)cc(-c6cn(C[C@H]7O[C@@H](O[C@@H]8[C@@H](O)[C@H](N)C[C@H](N)[C@H]8O[C@@H]8O[C@@H](CN)[C@H](O)[C@@H](O)[C@@H]8N)[C@H](O)[C@@H]7O[C@@H]7O[C@H](CN)[C@H](O)[C@@H](O)[C@@H]7N)nn6)c5)nn4)[C@H](O[C@@H]4O[C@H](CN)[C@H](O)[C@@H](O)[C@@H]4N)[C@@H]3O)[C@@H](O)[C@H](N)C[C@@H]2N)[C@@H](N)[C@H](O)[C@H]1O. The molecule has 2 saturated carbocycles. The van der Waals surface area contributed by atoms with Crippen LogP contribution in [0.2, 0.25) is 0 Å². The monoisotopic (exact) mass is 1690 g/mol. The van der Waals surface area contributed by atoms with E-state index in [1.165, 1.54) is 33.9 Å². The molecule has 6 aliphatic heterocycles. The number of carbonyl (C=O) groups is 3. The first-order chi connectivity index (χ1) is 56.0. The van der Waals surface area contributed by atoms with Crippen molar-refractivity contribution in [2.75, 3.05) is 39.3 Å². The van der Waals surface area contributed by atoms with Crippen LogP contribution in [0.1, 0.15) is 48.9 Å². The Morgan fingerprint density at radius 2 is 0.805 bits per heavy atom. The molecule has 1 aromatic carbocycles. The molecule has 6 saturated heterocycles. The van der Waals surface area contributed by atoms with E-state index >= 15 is 0 Å². The normalized spacial score (nSPS) is 41.9. The molecule has 3 amide bonds. The number of nitrogens with one attached hydrogen (secondary N) is 2. The zero-order chi connectivity index (χ0) is 85.7. The van der Waals surface area contributed by atoms with Crippen LogP contribution in [0.3, 0.4) is 0 Å². The summed E-state index contributed by atoms with van der Waals surface area (Å²) in [6.45, 7) is -1.88. The highest BCUT2D eigenvalue weighted by Crippen LogP contribution is 2.39. The van der Waals surface area contributed by atoms with Gasteiger partial charge < -0.3 is 215 Å². The van der Waals surface area contributed by atoms with Crippen LogP contribution in [0.25, 0.3) is 22.5 Å². The van der Waals surface area contributed by atoms with E-state index in [2.05, 4.69) is 36.3 Å². The van der Waals surface area contributed by atoms with Gasteiger partial charge in [-0.2, -0.15) is 0 Å². The molecule has 118 heavy (non-hydrogen) atoms. The van der Waals surface area contributed by atoms with E-state index in [1.807, 2.05) is 0 Å². The number of amides is 3. The second kappa shape index (κ2) is 40.4. The summed E-state index contributed by atoms with van der Waals surface area (Å²) in [7, 11) is 0. The van der Waals surface area contributed by atoms with E-state index in [-0.39, 0.29) is 118 Å². The number of aliphatic hydroxyl groups is 12. The molecule has 0 spiro atoms. The minimum atomic E-state index is -1.86. The molecule has 51 heteroatoms. The Hall–Kier alpha value is -6.26. The van der Waals surface area contributed by atoms with Gasteiger partial charge in [0.2, 0.25) is 11.8 Å². The average molecular weight is 1690 g/mol. The highest BCUT2D eigenvalue weighted by atomic mass is 16.8. The molecule has 2 aliphatic carbocycles. The summed E-state index contributed by atoms with van der Waals surface area (Å²) in [6.07, 6.45) is -42.8. The number of carbonyl (C=O) groups excluding carboxylic acids is 3. The van der Waals surface area contributed by atoms with Gasteiger partial charge in [0.05, 0.1) is 61.9 Å². The summed E-state index contributed by atoms with van der Waals surface area (Å²) in [4.78, 5) is 43.8. The van der Waals surface area contributed by atoms with Gasteiger partial charge in [0.25, 0.3) is 5.91 Å². The molecule has 39 atom stereocenters. The summed E-state index contributed by atoms with van der Waals surface area (Å²) in [6, 6.07) is -6.51. The molecule has 51 nitrogen and oxygen atoms in total. The van der Waals surface area contributed by atoms with Gasteiger partial charge in [0.15, 0.2) is 43.7 Å². The van der Waals surface area contributed by atoms with Crippen molar-refractivity contribution < 1.29 is 133 Å². The van der Waals surface area contributed by atoms with Crippen molar-refractivity contribution in [2.24, 2.45) is 91.0 Å². The zero-order valence-electron chi connectivity index (χ0n) is 64.1. The van der Waals surface area contributed by atoms with Crippen LogP contribution in [0.15, 0.2) is 35.6 Å². The minimum absolute atomic E-state index is 0.0333. The maximum absolute atomic E-state index is 14.5. The Morgan fingerprint density at radius 3 is 1.16 bits per heavy atom. The number of hydrogen-bond donors (Lipinski definition) is 29. The van der Waals surface area contributed by atoms with E-state index in [4.69, 9.17) is 143 Å². The van der Waals surface area contributed by atoms with Gasteiger partial charge in [-0.15, -0.1) is 10.2 Å². The Kier molecular flexibility index (Phi) is 31.6. The van der Waals surface area contributed by atoms with Crippen molar-refractivity contribution in [1.29, 1.82) is 0 Å². The molecule has 666 valence electrons. The van der Waals surface area contributed by atoms with E-state index in [1.54, 1.807) is 6.07 Å². The third-order valence-electron chi connectivity index (χ3n) is 22.5. The molecule has 0 unspecified atom stereocenters. The van der Waals surface area contributed by atoms with Gasteiger partial charge in [-0.25, -0.2) is 9.36 Å². The van der Waals surface area contributed by atoms with E-state index in [0.29, 0.717) is 6.42 Å². The van der Waals surface area contributed by atoms with Crippen LogP contribution in [-0.4, -0.2) is 393 Å². The Morgan fingerprint density at radius 1 is 0.449 bits per heavy atom. The average Bonchev–Trinajstić information content (AvgIpc) is 1.15. The lowest BCUT2D eigenvalue weighted by molar-refractivity contribution is -0.306. The molecular formula is C67H116N24O27. The number of nitrogens with zero attached hydrogens (tertiary/aromatic N) is 7. The lowest BCUT2D eigenvalue weighted by Gasteiger charge is -2.47. The Balaban J connectivity index is 0.887. The molecule has 3 aromatic rings. The van der Waals surface area contributed by atoms with Crippen LogP contribution in [-0.2, 0) is 79.5 Å². The topological polar surface area (TPSA) is 893 Å². The summed E-state index contributed by atoms with van der Waals surface area (Å²) in [5, 5.41) is 158. The summed E-state index contributed by atoms with van der Waals surface area (Å²) in [5.41, 5.74) is 91.8. The van der Waals surface area contributed by atoms with Gasteiger partial charge in [0, 0.05) is 86.5 Å². The van der Waals surface area contributed by atoms with Crippen molar-refractivity contribution in [3.63, 3.8) is 0 Å². The molecule has 2 aromatic heterocycles. The first-order valence-corrected chi connectivity index (χ1v) is 38.8. The highest BCUT2D eigenvalue weighted by molar-refractivity contribution is 5.97. The number of guanidine groups is 1. The van der Waals surface area contributed by atoms with Crippen molar-refractivity contribution in [2.45, 2.75) is 290 Å². The fraction of sp³-hybridized carbons (Fsp3) is 0.791. The maximum atomic E-state index is 14.5. The second-order valence-corrected chi connectivity index (χ2v) is 30.9. The molecule has 8 aliphatic rings. The number of primary amides is 1. The number of nitrogens with two attached hydrogens (primary N) is 15. The lowest BCUT2D eigenvalue weighted by Crippen LogP contribution is -2.68. The molecule has 44 N–H and O–H groups in total. The van der Waals surface area contributed by atoms with Crippen LogP contribution in [0.4, 0.5) is 0 Å². The third-order valence-corrected chi connectivity index (χ3v) is 22.5. The highest BCUT2D eigenvalue weighted by Gasteiger charge is 2.58. The zero-order valence-corrected chi connectivity index (χ0v) is 64.1. The van der Waals surface area contributed by atoms with Crippen molar-refractivity contribution >= 4 is 23.7 Å². The van der Waals surface area contributed by atoms with Gasteiger partial charge in [0.1, 0.15) is 152 Å². The number of aliphatic imine (C=N–C) groups is 1. The number of rotatable bonds is 33. The van der Waals surface area contributed by atoms with Gasteiger partial charge in [-0.3, -0.25) is 19.4 Å². The van der Waals surface area contributed by atoms with Crippen molar-refractivity contribution in [3.05, 3.63) is 36.2 Å². The molecule has 8 heterocycles. The fourth-order valence-corrected chi connectivity index (χ4v) is 15.6. The van der Waals surface area contributed by atoms with E-state index in [0.717, 1.165) is 0 Å². The molecule has 0 bridgehead atoms. The quantitative estimate of drug-likeness (QED) is 0.0153. The second-order valence-electron chi connectivity index (χ2n) is 30.9. The van der Waals surface area contributed by atoms with Crippen LogP contribution >= 0.6 is 0 Å². The number of aromatic nitrogens is 6. The van der Waals surface area contributed by atoms with Crippen LogP contribution in [0, 0.1) is 0 Å². The van der Waals surface area contributed by atoms with Crippen LogP contribution in [0.5, 0.6) is 0 Å². The van der Waals surface area contributed by atoms with Gasteiger partial charge >= 0.3 is 0 Å². The van der Waals surface area contributed by atoms with Crippen molar-refractivity contribution in [1.82, 2.24) is 40.6 Å². The summed E-state index contributed by atoms with van der Waals surface area (Å²) >= 11 is 0. The standard InChI is InChI=1S/C67H116N24O27/c68-12-30-43(95)47(99)37(76)61(107-30)113-53-25(74)10-23(72)41(93)57(53)117-65-51(103)55(115-63-39(78)49(101)45(97)32(14-70)109-63)34(111-65)18-90-16-28(86-88-90)20-7-21(9-22(8-20)60(106)83-5-2-4-36(92)85-27(59(80)105)3-1-6-84-67(81)82)29-17-91(89-87-29)19-35-56(116-64-40(79)50(102)46(98)33(15-71)110-64)52(104)66(112-35)118-58-42(94)24(73)11-26(75)54(58)114-62-38(77)48(100)44(96)31(13-69)108-62/h7-9,16-17,23-27,30-35,37-58,61-66,93-104H,1-6,10-15,18-19,68-79H2,(H2,80,105)(H,83,106)(H,85,92)(H4,81,82,84)/t23-,24-,25+,26+,27-,30+,31+,32-,33-,34-,35+,37+,38+,39+,40+,41+,42+,43+,44+,45+,46+,47+,48+,49+,50+,51-,52+,53-,54-,55-,56+,57-,58-,61+,62+,63+,64+,65+,66-/m1/s1. The van der Waals surface area contributed by atoms with Gasteiger partial charge in [-0.05, 0) is 50.3 Å². The predicted octanol–water partition coefficient (Wildman–Crippen LogP) is -18.0. The van der Waals surface area contributed by atoms with E-state index < -0.39 is 256 Å². The number of ether oxygens (including phenoxy) is 12. The van der Waals surface area contributed by atoms with Gasteiger partial charge in [-0.1, -0.05) is 10.4 Å². The smallest absolute Gasteiger partial charge is 0.251 e. The van der Waals surface area contributed by atoms with Crippen LogP contribution < -0.4 is 96.6 Å². The molecular weight excluding hydrogens is 1570 g/mol. The number of benzene rings is 1. The number of hydrogen-bond acceptors (Lipinski definition) is 44. The lowest BCUT2D eigenvalue weighted by atomic mass is 9.84. The maximum Gasteiger partial charge on any atom is 0.251 e. The first-order valence-electron chi connectivity index (χ1n) is 38.8. The predicted molar refractivity (Wildman–Crippen MR) is 400 cm³/mol. The minimum Gasteiger partial charge on any atom is -0.389 e. The first kappa shape index (κ1) is 92.5. The Labute approximate surface area is 673 Å². The fourth-order valence-electron chi connectivity index (χ4n) is 15.6. The molecule has 0 radical (unpaired) electrons. The Bertz CT molecular complexity index is 3580. The summed E-state index contributed by atoms with van der Waals surface area (Å²) < 4.78 is 76.9.